The average molecular weight is 250 g/mol. The van der Waals surface area contributed by atoms with Gasteiger partial charge in [-0.1, -0.05) is 11.8 Å². The van der Waals surface area contributed by atoms with Gasteiger partial charge in [0.05, 0.1) is 9.79 Å². The van der Waals surface area contributed by atoms with Gasteiger partial charge in [-0.25, -0.2) is 0 Å². The summed E-state index contributed by atoms with van der Waals surface area (Å²) >= 11 is 1.09. The van der Waals surface area contributed by atoms with Crippen molar-refractivity contribution < 1.29 is 20.4 Å². The third-order valence-electron chi connectivity index (χ3n) is 2.11. The van der Waals surface area contributed by atoms with E-state index in [1.165, 1.54) is 36.4 Å². The first-order valence-electron chi connectivity index (χ1n) is 4.78. The number of phenols is 4. The van der Waals surface area contributed by atoms with Crippen LogP contribution in [0, 0.1) is 0 Å². The third-order valence-corrected chi connectivity index (χ3v) is 3.22. The molecule has 4 nitrogen and oxygen atoms in total. The summed E-state index contributed by atoms with van der Waals surface area (Å²) < 4.78 is 0. The van der Waals surface area contributed by atoms with Crippen molar-refractivity contribution in [2.75, 3.05) is 0 Å². The summed E-state index contributed by atoms with van der Waals surface area (Å²) in [5.74, 6) is -0.0754. The highest BCUT2D eigenvalue weighted by molar-refractivity contribution is 7.99. The molecule has 0 aliphatic heterocycles. The van der Waals surface area contributed by atoms with Crippen molar-refractivity contribution in [3.05, 3.63) is 36.4 Å². The smallest absolute Gasteiger partial charge is 0.133 e. The van der Waals surface area contributed by atoms with Gasteiger partial charge in [-0.3, -0.25) is 0 Å². The molecule has 0 radical (unpaired) electrons. The highest BCUT2D eigenvalue weighted by Crippen LogP contribution is 2.40. The van der Waals surface area contributed by atoms with E-state index >= 15 is 0 Å². The molecule has 88 valence electrons. The van der Waals surface area contributed by atoms with Gasteiger partial charge in [0.25, 0.3) is 0 Å². The molecule has 0 amide bonds. The van der Waals surface area contributed by atoms with Crippen molar-refractivity contribution in [1.82, 2.24) is 0 Å². The fourth-order valence-corrected chi connectivity index (χ4v) is 2.18. The highest BCUT2D eigenvalue weighted by Gasteiger charge is 2.08. The maximum absolute atomic E-state index is 9.59. The van der Waals surface area contributed by atoms with E-state index in [1.54, 1.807) is 0 Å². The Kier molecular flexibility index (Phi) is 3.01. The number of hydrogen-bond acceptors (Lipinski definition) is 5. The van der Waals surface area contributed by atoms with Crippen molar-refractivity contribution in [2.24, 2.45) is 0 Å². The van der Waals surface area contributed by atoms with E-state index in [1.807, 2.05) is 0 Å². The second kappa shape index (κ2) is 4.47. The van der Waals surface area contributed by atoms with Crippen molar-refractivity contribution in [1.29, 1.82) is 0 Å². The fraction of sp³-hybridized carbons (Fsp3) is 0. The molecule has 2 rings (SSSR count). The molecule has 5 heteroatoms. The Labute approximate surface area is 102 Å². The molecule has 2 aromatic rings. The van der Waals surface area contributed by atoms with Crippen LogP contribution >= 0.6 is 11.8 Å². The van der Waals surface area contributed by atoms with Crippen LogP contribution in [-0.2, 0) is 0 Å². The molecule has 0 atom stereocenters. The molecule has 0 unspecified atom stereocenters. The molecule has 0 aromatic heterocycles. The normalized spacial score (nSPS) is 10.4. The summed E-state index contributed by atoms with van der Waals surface area (Å²) in [6.07, 6.45) is 0. The SMILES string of the molecule is Oc1ccc(Sc2cc(O)ccc2O)c(O)c1. The van der Waals surface area contributed by atoms with Gasteiger partial charge >= 0.3 is 0 Å². The molecule has 0 heterocycles. The molecule has 0 aliphatic carbocycles. The van der Waals surface area contributed by atoms with Crippen molar-refractivity contribution in [3.8, 4) is 23.0 Å². The zero-order chi connectivity index (χ0) is 12.4. The van der Waals surface area contributed by atoms with E-state index in [0.29, 0.717) is 9.79 Å². The van der Waals surface area contributed by atoms with Crippen LogP contribution in [0.1, 0.15) is 0 Å². The second-order valence-electron chi connectivity index (χ2n) is 3.41. The van der Waals surface area contributed by atoms with Crippen molar-refractivity contribution in [3.63, 3.8) is 0 Å². The summed E-state index contributed by atoms with van der Waals surface area (Å²) in [6, 6.07) is 8.31. The van der Waals surface area contributed by atoms with Gasteiger partial charge in [0, 0.05) is 6.07 Å². The highest BCUT2D eigenvalue weighted by atomic mass is 32.2. The van der Waals surface area contributed by atoms with E-state index in [2.05, 4.69) is 0 Å². The second-order valence-corrected chi connectivity index (χ2v) is 4.49. The van der Waals surface area contributed by atoms with E-state index in [9.17, 15) is 15.3 Å². The predicted molar refractivity (Wildman–Crippen MR) is 63.7 cm³/mol. The predicted octanol–water partition coefficient (Wildman–Crippen LogP) is 2.66. The summed E-state index contributed by atoms with van der Waals surface area (Å²) in [7, 11) is 0. The van der Waals surface area contributed by atoms with Crippen LogP contribution < -0.4 is 0 Å². The van der Waals surface area contributed by atoms with Crippen LogP contribution in [0.4, 0.5) is 0 Å². The van der Waals surface area contributed by atoms with E-state index in [-0.39, 0.29) is 23.0 Å². The third kappa shape index (κ3) is 2.57. The largest absolute Gasteiger partial charge is 0.508 e. The molecule has 0 saturated carbocycles. The molecule has 17 heavy (non-hydrogen) atoms. The Bertz CT molecular complexity index is 554. The van der Waals surface area contributed by atoms with Crippen LogP contribution in [0.3, 0.4) is 0 Å². The Hall–Kier alpha value is -2.01. The van der Waals surface area contributed by atoms with Crippen LogP contribution in [0.15, 0.2) is 46.2 Å². The number of hydrogen-bond donors (Lipinski definition) is 4. The first-order chi connectivity index (χ1) is 8.06. The average Bonchev–Trinajstić information content (AvgIpc) is 2.27. The first-order valence-corrected chi connectivity index (χ1v) is 5.60. The van der Waals surface area contributed by atoms with Gasteiger partial charge in [0.1, 0.15) is 23.0 Å². The fourth-order valence-electron chi connectivity index (χ4n) is 1.30. The summed E-state index contributed by atoms with van der Waals surface area (Å²) in [5, 5.41) is 37.6. The van der Waals surface area contributed by atoms with Crippen molar-refractivity contribution >= 4 is 11.8 Å². The minimum atomic E-state index is -0.0854. The van der Waals surface area contributed by atoms with Crippen LogP contribution in [-0.4, -0.2) is 20.4 Å². The Morgan fingerprint density at radius 2 is 1.29 bits per heavy atom. The van der Waals surface area contributed by atoms with Gasteiger partial charge in [0.2, 0.25) is 0 Å². The maximum atomic E-state index is 9.59. The lowest BCUT2D eigenvalue weighted by Crippen LogP contribution is -1.77. The monoisotopic (exact) mass is 250 g/mol. The molecule has 4 N–H and O–H groups in total. The number of benzene rings is 2. The molecular formula is C12H10O4S. The lowest BCUT2D eigenvalue weighted by molar-refractivity contribution is 0.441. The summed E-state index contributed by atoms with van der Waals surface area (Å²) in [5.41, 5.74) is 0. The van der Waals surface area contributed by atoms with Gasteiger partial charge in [-0.05, 0) is 30.3 Å². The van der Waals surface area contributed by atoms with Gasteiger partial charge < -0.3 is 20.4 Å². The standard InChI is InChI=1S/C12H10O4S/c13-7-2-4-11(10(16)5-7)17-12-6-8(14)1-3-9(12)15/h1-6,13-16H. The minimum Gasteiger partial charge on any atom is -0.508 e. The zero-order valence-corrected chi connectivity index (χ0v) is 9.48. The van der Waals surface area contributed by atoms with E-state index in [4.69, 9.17) is 5.11 Å². The topological polar surface area (TPSA) is 80.9 Å². The van der Waals surface area contributed by atoms with Gasteiger partial charge in [0.15, 0.2) is 0 Å². The lowest BCUT2D eigenvalue weighted by Gasteiger charge is -2.07. The summed E-state index contributed by atoms with van der Waals surface area (Å²) in [4.78, 5) is 0.898. The number of aromatic hydroxyl groups is 4. The van der Waals surface area contributed by atoms with Crippen LogP contribution in [0.25, 0.3) is 0 Å². The number of phenolic OH excluding ortho intramolecular Hbond substituents is 4. The number of rotatable bonds is 2. The van der Waals surface area contributed by atoms with E-state index in [0.717, 1.165) is 11.8 Å². The van der Waals surface area contributed by atoms with Gasteiger partial charge in [-0.15, -0.1) is 0 Å². The maximum Gasteiger partial charge on any atom is 0.133 e. The Balaban J connectivity index is 2.34. The van der Waals surface area contributed by atoms with Crippen LogP contribution in [0.5, 0.6) is 23.0 Å². The molecule has 0 bridgehead atoms. The molecular weight excluding hydrogens is 240 g/mol. The molecule has 0 aliphatic rings. The van der Waals surface area contributed by atoms with E-state index < -0.39 is 0 Å². The van der Waals surface area contributed by atoms with Crippen LogP contribution in [0.2, 0.25) is 0 Å². The Morgan fingerprint density at radius 1 is 0.647 bits per heavy atom. The van der Waals surface area contributed by atoms with Crippen molar-refractivity contribution in [2.45, 2.75) is 9.79 Å². The zero-order valence-electron chi connectivity index (χ0n) is 8.66. The molecule has 0 saturated heterocycles. The lowest BCUT2D eigenvalue weighted by atomic mass is 10.3. The first kappa shape index (κ1) is 11.5. The minimum absolute atomic E-state index is 0.0141. The Morgan fingerprint density at radius 3 is 2.00 bits per heavy atom. The quantitative estimate of drug-likeness (QED) is 0.616. The molecule has 0 spiro atoms. The summed E-state index contributed by atoms with van der Waals surface area (Å²) in [6.45, 7) is 0. The molecule has 2 aromatic carbocycles. The molecule has 0 fully saturated rings. The van der Waals surface area contributed by atoms with Gasteiger partial charge in [-0.2, -0.15) is 0 Å².